The third kappa shape index (κ3) is 3.57. The Morgan fingerprint density at radius 1 is 1.27 bits per heavy atom. The molecule has 2 aromatic rings. The highest BCUT2D eigenvalue weighted by atomic mass is 19.1. The summed E-state index contributed by atoms with van der Waals surface area (Å²) in [6.45, 7) is 0.568. The first-order valence-electron chi connectivity index (χ1n) is 8.18. The Bertz CT molecular complexity index is 827. The minimum absolute atomic E-state index is 0.0244. The van der Waals surface area contributed by atoms with Crippen molar-refractivity contribution in [3.8, 4) is 0 Å². The van der Waals surface area contributed by atoms with Gasteiger partial charge in [0.25, 0.3) is 5.91 Å². The van der Waals surface area contributed by atoms with E-state index in [9.17, 15) is 18.8 Å². The number of amides is 1. The topological polar surface area (TPSA) is 76.8 Å². The number of Topliss-reactive ketones (excluding diaryl/α,β-unsaturated/α-hetero) is 2. The summed E-state index contributed by atoms with van der Waals surface area (Å²) in [5.74, 6) is -3.26. The molecule has 1 amide bonds. The number of methoxy groups -OCH3 is 1. The Balaban J connectivity index is 1.76. The fourth-order valence-corrected chi connectivity index (χ4v) is 2.96. The van der Waals surface area contributed by atoms with E-state index < -0.39 is 23.4 Å². The lowest BCUT2D eigenvalue weighted by atomic mass is 9.96. The van der Waals surface area contributed by atoms with Crippen molar-refractivity contribution in [3.63, 3.8) is 0 Å². The normalized spacial score (nSPS) is 17.2. The minimum atomic E-state index is -1.07. The predicted molar refractivity (Wildman–Crippen MR) is 89.2 cm³/mol. The maximum absolute atomic E-state index is 13.0. The molecule has 1 aliphatic heterocycles. The molecule has 6 nitrogen and oxygen atoms in total. The van der Waals surface area contributed by atoms with Crippen molar-refractivity contribution in [1.29, 1.82) is 0 Å². The molecule has 136 valence electrons. The average molecular weight is 359 g/mol. The Labute approximate surface area is 149 Å². The summed E-state index contributed by atoms with van der Waals surface area (Å²) in [4.78, 5) is 38.3. The van der Waals surface area contributed by atoms with Crippen LogP contribution in [0.25, 0.3) is 0 Å². The number of rotatable bonds is 7. The van der Waals surface area contributed by atoms with Gasteiger partial charge < -0.3 is 14.1 Å². The zero-order valence-electron chi connectivity index (χ0n) is 14.2. The van der Waals surface area contributed by atoms with Gasteiger partial charge in [-0.1, -0.05) is 12.1 Å². The van der Waals surface area contributed by atoms with Crippen molar-refractivity contribution < 1.29 is 27.9 Å². The number of nitrogens with zero attached hydrogens (tertiary/aromatic N) is 1. The summed E-state index contributed by atoms with van der Waals surface area (Å²) in [6.07, 6.45) is 1.73. The van der Waals surface area contributed by atoms with Gasteiger partial charge in [-0.15, -0.1) is 0 Å². The standard InChI is InChI=1S/C19H18FNO5/c1-25-9-7-21-11-15(17(23)19(21)24)16(22)18-13(6-8-26-18)10-12-2-4-14(20)5-3-12/h2-6,8,15H,7,9-11H2,1H3. The lowest BCUT2D eigenvalue weighted by Crippen LogP contribution is -2.30. The fraction of sp³-hybridized carbons (Fsp3) is 0.316. The van der Waals surface area contributed by atoms with Crippen LogP contribution < -0.4 is 0 Å². The van der Waals surface area contributed by atoms with Crippen molar-refractivity contribution >= 4 is 17.5 Å². The first kappa shape index (κ1) is 18.0. The number of carbonyl (C=O) groups excluding carboxylic acids is 3. The molecule has 1 aromatic carbocycles. The summed E-state index contributed by atoms with van der Waals surface area (Å²) < 4.78 is 23.2. The van der Waals surface area contributed by atoms with Crippen LogP contribution in [0.15, 0.2) is 41.0 Å². The zero-order valence-corrected chi connectivity index (χ0v) is 14.2. The van der Waals surface area contributed by atoms with Gasteiger partial charge in [-0.25, -0.2) is 4.39 Å². The van der Waals surface area contributed by atoms with Crippen LogP contribution >= 0.6 is 0 Å². The Morgan fingerprint density at radius 3 is 2.69 bits per heavy atom. The van der Waals surface area contributed by atoms with E-state index in [0.717, 1.165) is 5.56 Å². The molecule has 0 saturated carbocycles. The van der Waals surface area contributed by atoms with Gasteiger partial charge >= 0.3 is 0 Å². The van der Waals surface area contributed by atoms with Crippen molar-refractivity contribution in [2.75, 3.05) is 26.8 Å². The molecule has 1 fully saturated rings. The second-order valence-electron chi connectivity index (χ2n) is 6.10. The van der Waals surface area contributed by atoms with Gasteiger partial charge in [-0.05, 0) is 23.8 Å². The number of halogens is 1. The number of ether oxygens (including phenoxy) is 1. The van der Waals surface area contributed by atoms with E-state index in [4.69, 9.17) is 9.15 Å². The molecule has 0 N–H and O–H groups in total. The fourth-order valence-electron chi connectivity index (χ4n) is 2.96. The minimum Gasteiger partial charge on any atom is -0.461 e. The van der Waals surface area contributed by atoms with E-state index in [2.05, 4.69) is 0 Å². The van der Waals surface area contributed by atoms with Gasteiger partial charge in [0.15, 0.2) is 5.76 Å². The molecule has 1 aromatic heterocycles. The van der Waals surface area contributed by atoms with E-state index in [1.807, 2.05) is 0 Å². The first-order chi connectivity index (χ1) is 12.5. The van der Waals surface area contributed by atoms with Gasteiger partial charge in [-0.3, -0.25) is 14.4 Å². The third-order valence-electron chi connectivity index (χ3n) is 4.38. The highest BCUT2D eigenvalue weighted by Crippen LogP contribution is 2.24. The van der Waals surface area contributed by atoms with Crippen LogP contribution in [-0.4, -0.2) is 49.2 Å². The summed E-state index contributed by atoms with van der Waals surface area (Å²) in [5, 5.41) is 0. The second kappa shape index (κ2) is 7.61. The van der Waals surface area contributed by atoms with Gasteiger partial charge in [0.1, 0.15) is 11.7 Å². The molecule has 0 aliphatic carbocycles. The Hall–Kier alpha value is -2.80. The van der Waals surface area contributed by atoms with Crippen LogP contribution in [0, 0.1) is 11.7 Å². The highest BCUT2D eigenvalue weighted by Gasteiger charge is 2.44. The van der Waals surface area contributed by atoms with Crippen molar-refractivity contribution in [2.45, 2.75) is 6.42 Å². The number of furan rings is 1. The number of hydrogen-bond acceptors (Lipinski definition) is 5. The summed E-state index contributed by atoms with van der Waals surface area (Å²) in [6, 6.07) is 7.55. The SMILES string of the molecule is COCCN1CC(C(=O)c2occc2Cc2ccc(F)cc2)C(=O)C1=O. The van der Waals surface area contributed by atoms with Crippen LogP contribution in [0.5, 0.6) is 0 Å². The van der Waals surface area contributed by atoms with E-state index in [1.165, 1.54) is 30.4 Å². The Kier molecular flexibility index (Phi) is 5.27. The lowest BCUT2D eigenvalue weighted by molar-refractivity contribution is -0.140. The monoisotopic (exact) mass is 359 g/mol. The maximum Gasteiger partial charge on any atom is 0.290 e. The molecular formula is C19H18FNO5. The van der Waals surface area contributed by atoms with E-state index in [1.54, 1.807) is 18.2 Å². The number of hydrogen-bond donors (Lipinski definition) is 0. The molecule has 0 spiro atoms. The van der Waals surface area contributed by atoms with Crippen molar-refractivity contribution in [1.82, 2.24) is 4.90 Å². The number of benzene rings is 1. The second-order valence-corrected chi connectivity index (χ2v) is 6.10. The van der Waals surface area contributed by atoms with Gasteiger partial charge in [0.05, 0.1) is 12.9 Å². The molecule has 1 aliphatic rings. The maximum atomic E-state index is 13.0. The van der Waals surface area contributed by atoms with Gasteiger partial charge in [0.2, 0.25) is 11.6 Å². The van der Waals surface area contributed by atoms with Crippen LogP contribution in [0.1, 0.15) is 21.7 Å². The van der Waals surface area contributed by atoms with Crippen molar-refractivity contribution in [3.05, 3.63) is 59.3 Å². The Morgan fingerprint density at radius 2 is 2.00 bits per heavy atom. The third-order valence-corrected chi connectivity index (χ3v) is 4.38. The van der Waals surface area contributed by atoms with Gasteiger partial charge in [0, 0.05) is 32.2 Å². The van der Waals surface area contributed by atoms with Crippen LogP contribution in [-0.2, 0) is 20.7 Å². The van der Waals surface area contributed by atoms with Crippen LogP contribution in [0.4, 0.5) is 4.39 Å². The summed E-state index contributed by atoms with van der Waals surface area (Å²) in [7, 11) is 1.50. The highest BCUT2D eigenvalue weighted by molar-refractivity contribution is 6.43. The molecule has 1 atom stereocenters. The molecule has 2 heterocycles. The van der Waals surface area contributed by atoms with Crippen LogP contribution in [0.2, 0.25) is 0 Å². The molecule has 3 rings (SSSR count). The van der Waals surface area contributed by atoms with Crippen molar-refractivity contribution in [2.24, 2.45) is 5.92 Å². The molecule has 1 unspecified atom stereocenters. The number of likely N-dealkylation sites (tertiary alicyclic amines) is 1. The molecular weight excluding hydrogens is 341 g/mol. The number of carbonyl (C=O) groups is 3. The quantitative estimate of drug-likeness (QED) is 0.428. The molecule has 0 bridgehead atoms. The van der Waals surface area contributed by atoms with Gasteiger partial charge in [-0.2, -0.15) is 0 Å². The van der Waals surface area contributed by atoms with E-state index in [0.29, 0.717) is 12.0 Å². The molecule has 0 radical (unpaired) electrons. The first-order valence-corrected chi connectivity index (χ1v) is 8.18. The van der Waals surface area contributed by atoms with E-state index in [-0.39, 0.29) is 31.3 Å². The predicted octanol–water partition coefficient (Wildman–Crippen LogP) is 1.87. The summed E-state index contributed by atoms with van der Waals surface area (Å²) >= 11 is 0. The molecule has 7 heteroatoms. The molecule has 26 heavy (non-hydrogen) atoms. The zero-order chi connectivity index (χ0) is 18.7. The average Bonchev–Trinajstić information content (AvgIpc) is 3.20. The smallest absolute Gasteiger partial charge is 0.290 e. The van der Waals surface area contributed by atoms with E-state index >= 15 is 0 Å². The van der Waals surface area contributed by atoms with Crippen LogP contribution in [0.3, 0.4) is 0 Å². The molecule has 1 saturated heterocycles. The summed E-state index contributed by atoms with van der Waals surface area (Å²) in [5.41, 5.74) is 1.40. The largest absolute Gasteiger partial charge is 0.461 e. The number of ketones is 2. The lowest BCUT2D eigenvalue weighted by Gasteiger charge is -2.14.